The van der Waals surface area contributed by atoms with Crippen LogP contribution in [0.2, 0.25) is 5.02 Å². The van der Waals surface area contributed by atoms with Gasteiger partial charge in [-0.25, -0.2) is 9.78 Å². The Kier molecular flexibility index (Phi) is 8.97. The first kappa shape index (κ1) is 28.6. The van der Waals surface area contributed by atoms with E-state index < -0.39 is 23.0 Å². The standard InChI is InChI=1S/C30H32ClN3O4S/c1-6-34(7-2)29(36)26-18(5)25(30(37)38-17(3)4)28(39-26)33-27(35)22-16-24(19-12-14-20(31)15-13-19)32-23-11-9-8-10-21(22)23/h8-18,26H,6-7H2,1-5H3,(H,33,35). The first-order valence-corrected chi connectivity index (χ1v) is 14.3. The second-order valence-electron chi connectivity index (χ2n) is 9.57. The molecule has 4 rings (SSSR count). The number of para-hydroxylation sites is 1. The average Bonchev–Trinajstić information content (AvgIpc) is 3.24. The molecular weight excluding hydrogens is 534 g/mol. The third kappa shape index (κ3) is 6.12. The lowest BCUT2D eigenvalue weighted by Gasteiger charge is -2.25. The van der Waals surface area contributed by atoms with Crippen molar-refractivity contribution in [2.75, 3.05) is 13.1 Å². The zero-order chi connectivity index (χ0) is 28.3. The number of amides is 2. The number of carbonyl (C=O) groups excluding carboxylic acids is 3. The number of carbonyl (C=O) groups is 3. The Morgan fingerprint density at radius 3 is 2.38 bits per heavy atom. The lowest BCUT2D eigenvalue weighted by Crippen LogP contribution is -2.39. The summed E-state index contributed by atoms with van der Waals surface area (Å²) in [6.45, 7) is 10.3. The maximum Gasteiger partial charge on any atom is 0.337 e. The minimum atomic E-state index is -0.547. The topological polar surface area (TPSA) is 88.6 Å². The molecule has 204 valence electrons. The number of nitrogens with one attached hydrogen (secondary N) is 1. The molecular formula is C30H32ClN3O4S. The Labute approximate surface area is 238 Å². The summed E-state index contributed by atoms with van der Waals surface area (Å²) in [5.41, 5.74) is 2.80. The highest BCUT2D eigenvalue weighted by Crippen LogP contribution is 2.42. The van der Waals surface area contributed by atoms with Gasteiger partial charge in [0.2, 0.25) is 5.91 Å². The van der Waals surface area contributed by atoms with Crippen LogP contribution in [0.15, 0.2) is 65.2 Å². The van der Waals surface area contributed by atoms with Crippen molar-refractivity contribution in [2.24, 2.45) is 5.92 Å². The lowest BCUT2D eigenvalue weighted by atomic mass is 9.97. The molecule has 39 heavy (non-hydrogen) atoms. The molecule has 0 bridgehead atoms. The Hall–Kier alpha value is -3.36. The number of benzene rings is 2. The van der Waals surface area contributed by atoms with E-state index in [1.165, 1.54) is 11.8 Å². The Bertz CT molecular complexity index is 1430. The lowest BCUT2D eigenvalue weighted by molar-refractivity contribution is -0.143. The zero-order valence-electron chi connectivity index (χ0n) is 22.7. The average molecular weight is 566 g/mol. The van der Waals surface area contributed by atoms with E-state index in [4.69, 9.17) is 21.3 Å². The van der Waals surface area contributed by atoms with Crippen molar-refractivity contribution in [2.45, 2.75) is 46.0 Å². The molecule has 1 aromatic heterocycles. The highest BCUT2D eigenvalue weighted by atomic mass is 35.5. The van der Waals surface area contributed by atoms with Crippen molar-refractivity contribution in [1.29, 1.82) is 0 Å². The summed E-state index contributed by atoms with van der Waals surface area (Å²) in [7, 11) is 0. The third-order valence-electron chi connectivity index (χ3n) is 6.61. The number of pyridine rings is 1. The van der Waals surface area contributed by atoms with Gasteiger partial charge in [0, 0.05) is 35.0 Å². The summed E-state index contributed by atoms with van der Waals surface area (Å²) in [5, 5.41) is 4.03. The molecule has 0 fully saturated rings. The second-order valence-corrected chi connectivity index (χ2v) is 11.2. The van der Waals surface area contributed by atoms with E-state index in [-0.39, 0.29) is 12.0 Å². The van der Waals surface area contributed by atoms with Crippen LogP contribution in [0.1, 0.15) is 45.0 Å². The monoisotopic (exact) mass is 565 g/mol. The number of rotatable bonds is 8. The number of ether oxygens (including phenoxy) is 1. The molecule has 0 saturated heterocycles. The number of nitrogens with zero attached hydrogens (tertiary/aromatic N) is 2. The predicted octanol–water partition coefficient (Wildman–Crippen LogP) is 6.07. The van der Waals surface area contributed by atoms with E-state index in [9.17, 15) is 14.4 Å². The third-order valence-corrected chi connectivity index (χ3v) is 8.28. The molecule has 0 aliphatic carbocycles. The quantitative estimate of drug-likeness (QED) is 0.334. The van der Waals surface area contributed by atoms with Crippen molar-refractivity contribution in [1.82, 2.24) is 15.2 Å². The Morgan fingerprint density at radius 2 is 1.74 bits per heavy atom. The van der Waals surface area contributed by atoms with E-state index in [0.717, 1.165) is 5.56 Å². The maximum atomic E-state index is 13.8. The van der Waals surface area contributed by atoms with Gasteiger partial charge >= 0.3 is 5.97 Å². The number of fused-ring (bicyclic) bond motifs is 1. The smallest absolute Gasteiger partial charge is 0.337 e. The Balaban J connectivity index is 1.74. The SMILES string of the molecule is CCN(CC)C(=O)C1SC(NC(=O)c2cc(-c3ccc(Cl)cc3)nc3ccccc23)=C(C(=O)OC(C)C)C1C. The van der Waals surface area contributed by atoms with Crippen LogP contribution in [0, 0.1) is 5.92 Å². The number of hydrogen-bond acceptors (Lipinski definition) is 6. The van der Waals surface area contributed by atoms with Gasteiger partial charge in [0.25, 0.3) is 5.91 Å². The van der Waals surface area contributed by atoms with E-state index in [0.29, 0.717) is 50.9 Å². The van der Waals surface area contributed by atoms with Gasteiger partial charge in [-0.2, -0.15) is 0 Å². The van der Waals surface area contributed by atoms with Crippen molar-refractivity contribution >= 4 is 52.0 Å². The molecule has 1 aliphatic heterocycles. The van der Waals surface area contributed by atoms with Gasteiger partial charge in [-0.1, -0.05) is 60.6 Å². The molecule has 2 aromatic carbocycles. The molecule has 2 unspecified atom stereocenters. The molecule has 7 nitrogen and oxygen atoms in total. The van der Waals surface area contributed by atoms with Gasteiger partial charge in [0.15, 0.2) is 0 Å². The number of aromatic nitrogens is 1. The van der Waals surface area contributed by atoms with Crippen LogP contribution in [0.4, 0.5) is 0 Å². The van der Waals surface area contributed by atoms with Crippen LogP contribution >= 0.6 is 23.4 Å². The summed E-state index contributed by atoms with van der Waals surface area (Å²) >= 11 is 7.27. The summed E-state index contributed by atoms with van der Waals surface area (Å²) in [5.74, 6) is -1.44. The fourth-order valence-electron chi connectivity index (χ4n) is 4.59. The van der Waals surface area contributed by atoms with Gasteiger partial charge in [-0.05, 0) is 52.0 Å². The van der Waals surface area contributed by atoms with Gasteiger partial charge in [0.05, 0.1) is 38.7 Å². The zero-order valence-corrected chi connectivity index (χ0v) is 24.2. The number of halogens is 1. The fourth-order valence-corrected chi connectivity index (χ4v) is 6.10. The van der Waals surface area contributed by atoms with Crippen molar-refractivity contribution in [3.8, 4) is 11.3 Å². The summed E-state index contributed by atoms with van der Waals surface area (Å²) in [6, 6.07) is 16.4. The largest absolute Gasteiger partial charge is 0.460 e. The number of hydrogen-bond donors (Lipinski definition) is 1. The van der Waals surface area contributed by atoms with Crippen LogP contribution in [0.3, 0.4) is 0 Å². The molecule has 9 heteroatoms. The maximum absolute atomic E-state index is 13.8. The van der Waals surface area contributed by atoms with Crippen LogP contribution < -0.4 is 5.32 Å². The van der Waals surface area contributed by atoms with Crippen molar-refractivity contribution in [3.05, 3.63) is 75.8 Å². The molecule has 2 heterocycles. The van der Waals surface area contributed by atoms with Crippen molar-refractivity contribution in [3.63, 3.8) is 0 Å². The highest BCUT2D eigenvalue weighted by molar-refractivity contribution is 8.04. The number of esters is 1. The van der Waals surface area contributed by atoms with E-state index in [2.05, 4.69) is 5.32 Å². The molecule has 0 saturated carbocycles. The van der Waals surface area contributed by atoms with Gasteiger partial charge in [0.1, 0.15) is 0 Å². The summed E-state index contributed by atoms with van der Waals surface area (Å²) < 4.78 is 5.51. The highest BCUT2D eigenvalue weighted by Gasteiger charge is 2.43. The number of thioether (sulfide) groups is 1. The van der Waals surface area contributed by atoms with E-state index >= 15 is 0 Å². The normalized spacial score (nSPS) is 17.0. The molecule has 2 amide bonds. The molecule has 0 spiro atoms. The molecule has 1 aliphatic rings. The molecule has 2 atom stereocenters. The summed E-state index contributed by atoms with van der Waals surface area (Å²) in [6.07, 6.45) is -0.345. The van der Waals surface area contributed by atoms with Gasteiger partial charge < -0.3 is 15.0 Å². The minimum absolute atomic E-state index is 0.0732. The predicted molar refractivity (Wildman–Crippen MR) is 156 cm³/mol. The van der Waals surface area contributed by atoms with Crippen molar-refractivity contribution < 1.29 is 19.1 Å². The van der Waals surface area contributed by atoms with Crippen LogP contribution in [-0.4, -0.2) is 52.1 Å². The van der Waals surface area contributed by atoms with E-state index in [1.807, 2.05) is 57.2 Å². The first-order chi connectivity index (χ1) is 18.6. The summed E-state index contributed by atoms with van der Waals surface area (Å²) in [4.78, 5) is 46.8. The van der Waals surface area contributed by atoms with Crippen LogP contribution in [0.5, 0.6) is 0 Å². The van der Waals surface area contributed by atoms with Crippen LogP contribution in [0.25, 0.3) is 22.2 Å². The first-order valence-electron chi connectivity index (χ1n) is 13.0. The minimum Gasteiger partial charge on any atom is -0.460 e. The Morgan fingerprint density at radius 1 is 1.08 bits per heavy atom. The molecule has 3 aromatic rings. The van der Waals surface area contributed by atoms with E-state index in [1.54, 1.807) is 36.9 Å². The van der Waals surface area contributed by atoms with Crippen LogP contribution in [-0.2, 0) is 14.3 Å². The molecule has 0 radical (unpaired) electrons. The molecule has 1 N–H and O–H groups in total. The second kappa shape index (κ2) is 12.2. The fraction of sp³-hybridized carbons (Fsp3) is 0.333. The van der Waals surface area contributed by atoms with Gasteiger partial charge in [-0.3, -0.25) is 9.59 Å². The van der Waals surface area contributed by atoms with Gasteiger partial charge in [-0.15, -0.1) is 0 Å².